The molecule has 0 aliphatic heterocycles. The lowest BCUT2D eigenvalue weighted by atomic mass is 10.2. The Morgan fingerprint density at radius 2 is 2.00 bits per heavy atom. The molecule has 3 N–H and O–H groups in total. The van der Waals surface area contributed by atoms with Gasteiger partial charge in [0.05, 0.1) is 5.52 Å². The molecule has 0 saturated heterocycles. The fourth-order valence-electron chi connectivity index (χ4n) is 1.33. The number of H-pyrrole nitrogens is 1. The normalized spacial score (nSPS) is 11.0. The zero-order valence-corrected chi connectivity index (χ0v) is 6.77. The molecule has 2 aromatic rings. The highest BCUT2D eigenvalue weighted by Gasteiger charge is 2.06. The van der Waals surface area contributed by atoms with Crippen LogP contribution in [0.2, 0.25) is 0 Å². The molecule has 0 aliphatic carbocycles. The summed E-state index contributed by atoms with van der Waals surface area (Å²) in [6.45, 7) is 0.287. The molecule has 0 radical (unpaired) electrons. The van der Waals surface area contributed by atoms with Crippen molar-refractivity contribution in [1.29, 1.82) is 0 Å². The fraction of sp³-hybridized carbons (Fsp3) is 0.111. The van der Waals surface area contributed by atoms with Crippen molar-refractivity contribution in [3.63, 3.8) is 0 Å². The highest BCUT2D eigenvalue weighted by molar-refractivity contribution is 5.81. The first-order chi connectivity index (χ1) is 6.20. The maximum Gasteiger partial charge on any atom is 0.135 e. The van der Waals surface area contributed by atoms with Gasteiger partial charge in [0.2, 0.25) is 0 Å². The van der Waals surface area contributed by atoms with E-state index in [-0.39, 0.29) is 6.54 Å². The van der Waals surface area contributed by atoms with E-state index < -0.39 is 11.6 Å². The quantitative estimate of drug-likeness (QED) is 0.694. The van der Waals surface area contributed by atoms with Gasteiger partial charge in [0.1, 0.15) is 11.6 Å². The summed E-state index contributed by atoms with van der Waals surface area (Å²) in [7, 11) is 0. The molecule has 2 nitrogen and oxygen atoms in total. The first-order valence-electron chi connectivity index (χ1n) is 3.87. The van der Waals surface area contributed by atoms with E-state index in [1.807, 2.05) is 0 Å². The highest BCUT2D eigenvalue weighted by atomic mass is 19.1. The van der Waals surface area contributed by atoms with Crippen molar-refractivity contribution in [3.05, 3.63) is 35.5 Å². The molecule has 2 rings (SSSR count). The van der Waals surface area contributed by atoms with Crippen molar-refractivity contribution < 1.29 is 8.78 Å². The van der Waals surface area contributed by atoms with Crippen LogP contribution < -0.4 is 5.73 Å². The summed E-state index contributed by atoms with van der Waals surface area (Å²) >= 11 is 0. The Morgan fingerprint density at radius 1 is 1.23 bits per heavy atom. The van der Waals surface area contributed by atoms with Crippen molar-refractivity contribution in [1.82, 2.24) is 4.98 Å². The average molecular weight is 182 g/mol. The molecule has 0 saturated carbocycles. The molecular weight excluding hydrogens is 174 g/mol. The lowest BCUT2D eigenvalue weighted by Crippen LogP contribution is -1.94. The van der Waals surface area contributed by atoms with Gasteiger partial charge in [0.25, 0.3) is 0 Å². The molecule has 0 amide bonds. The van der Waals surface area contributed by atoms with E-state index in [2.05, 4.69) is 4.98 Å². The Labute approximate surface area is 73.4 Å². The van der Waals surface area contributed by atoms with Crippen LogP contribution in [0.3, 0.4) is 0 Å². The van der Waals surface area contributed by atoms with Crippen molar-refractivity contribution in [3.8, 4) is 0 Å². The van der Waals surface area contributed by atoms with Gasteiger partial charge in [-0.15, -0.1) is 0 Å². The number of fused-ring (bicyclic) bond motifs is 1. The number of hydrogen-bond donors (Lipinski definition) is 2. The number of benzene rings is 1. The second-order valence-corrected chi connectivity index (χ2v) is 2.85. The summed E-state index contributed by atoms with van der Waals surface area (Å²) in [5.74, 6) is -1.15. The van der Waals surface area contributed by atoms with Crippen LogP contribution in [0.25, 0.3) is 10.9 Å². The smallest absolute Gasteiger partial charge is 0.135 e. The fourth-order valence-corrected chi connectivity index (χ4v) is 1.33. The third kappa shape index (κ3) is 1.29. The summed E-state index contributed by atoms with van der Waals surface area (Å²) in [4.78, 5) is 2.82. The predicted molar refractivity (Wildman–Crippen MR) is 46.1 cm³/mol. The van der Waals surface area contributed by atoms with Gasteiger partial charge in [-0.2, -0.15) is 0 Å². The first-order valence-corrected chi connectivity index (χ1v) is 3.87. The van der Waals surface area contributed by atoms with Crippen LogP contribution in [0.1, 0.15) is 5.69 Å². The topological polar surface area (TPSA) is 41.8 Å². The van der Waals surface area contributed by atoms with Gasteiger partial charge in [-0.3, -0.25) is 0 Å². The Bertz CT molecular complexity index is 448. The van der Waals surface area contributed by atoms with Crippen LogP contribution in [0.15, 0.2) is 18.2 Å². The molecule has 0 bridgehead atoms. The Kier molecular flexibility index (Phi) is 1.77. The lowest BCUT2D eigenvalue weighted by molar-refractivity contribution is 0.592. The average Bonchev–Trinajstić information content (AvgIpc) is 2.47. The van der Waals surface area contributed by atoms with E-state index in [9.17, 15) is 8.78 Å². The van der Waals surface area contributed by atoms with Gasteiger partial charge in [0.15, 0.2) is 0 Å². The van der Waals surface area contributed by atoms with Crippen LogP contribution in [0.4, 0.5) is 8.78 Å². The van der Waals surface area contributed by atoms with Crippen LogP contribution in [-0.4, -0.2) is 4.98 Å². The molecule has 0 atom stereocenters. The maximum absolute atomic E-state index is 13.1. The predicted octanol–water partition coefficient (Wildman–Crippen LogP) is 1.90. The van der Waals surface area contributed by atoms with Gasteiger partial charge in [-0.25, -0.2) is 8.78 Å². The molecule has 0 fully saturated rings. The third-order valence-electron chi connectivity index (χ3n) is 1.93. The molecule has 4 heteroatoms. The number of nitrogens with one attached hydrogen (secondary N) is 1. The van der Waals surface area contributed by atoms with E-state index in [4.69, 9.17) is 5.73 Å². The summed E-state index contributed by atoms with van der Waals surface area (Å²) in [5, 5.41) is 0.377. The molecule has 1 aromatic heterocycles. The first kappa shape index (κ1) is 8.19. The van der Waals surface area contributed by atoms with E-state index in [0.29, 0.717) is 16.6 Å². The second-order valence-electron chi connectivity index (χ2n) is 2.85. The number of aromatic nitrogens is 1. The largest absolute Gasteiger partial charge is 0.357 e. The van der Waals surface area contributed by atoms with E-state index in [1.54, 1.807) is 6.07 Å². The zero-order chi connectivity index (χ0) is 9.42. The lowest BCUT2D eigenvalue weighted by Gasteiger charge is -1.91. The maximum atomic E-state index is 13.1. The SMILES string of the molecule is NCc1cc2c(F)cc(F)cc2[nH]1. The minimum Gasteiger partial charge on any atom is -0.357 e. The van der Waals surface area contributed by atoms with Gasteiger partial charge < -0.3 is 10.7 Å². The van der Waals surface area contributed by atoms with E-state index >= 15 is 0 Å². The van der Waals surface area contributed by atoms with Crippen LogP contribution in [0, 0.1) is 11.6 Å². The van der Waals surface area contributed by atoms with Crippen LogP contribution in [0.5, 0.6) is 0 Å². The Balaban J connectivity index is 2.75. The number of halogens is 2. The Morgan fingerprint density at radius 3 is 2.69 bits per heavy atom. The van der Waals surface area contributed by atoms with Gasteiger partial charge in [-0.1, -0.05) is 0 Å². The van der Waals surface area contributed by atoms with E-state index in [0.717, 1.165) is 6.07 Å². The molecule has 13 heavy (non-hydrogen) atoms. The minimum absolute atomic E-state index is 0.287. The summed E-state index contributed by atoms with van der Waals surface area (Å²) < 4.78 is 25.8. The number of hydrogen-bond acceptors (Lipinski definition) is 1. The summed E-state index contributed by atoms with van der Waals surface area (Å²) in [5.41, 5.74) is 6.49. The molecule has 68 valence electrons. The number of rotatable bonds is 1. The Hall–Kier alpha value is -1.42. The van der Waals surface area contributed by atoms with Crippen molar-refractivity contribution in [2.45, 2.75) is 6.54 Å². The number of nitrogens with two attached hydrogens (primary N) is 1. The highest BCUT2D eigenvalue weighted by Crippen LogP contribution is 2.20. The van der Waals surface area contributed by atoms with Gasteiger partial charge in [-0.05, 0) is 12.1 Å². The van der Waals surface area contributed by atoms with Gasteiger partial charge in [0, 0.05) is 23.7 Å². The van der Waals surface area contributed by atoms with Crippen LogP contribution in [-0.2, 0) is 6.54 Å². The number of aromatic amines is 1. The van der Waals surface area contributed by atoms with Gasteiger partial charge >= 0.3 is 0 Å². The summed E-state index contributed by atoms with van der Waals surface area (Å²) in [6, 6.07) is 3.69. The molecule has 0 spiro atoms. The zero-order valence-electron chi connectivity index (χ0n) is 6.77. The standard InChI is InChI=1S/C9H8F2N2/c10-5-1-8(11)7-3-6(4-12)13-9(7)2-5/h1-3,13H,4,12H2. The monoisotopic (exact) mass is 182 g/mol. The van der Waals surface area contributed by atoms with Crippen LogP contribution >= 0.6 is 0 Å². The molecule has 1 heterocycles. The molecule has 1 aromatic carbocycles. The molecule has 0 unspecified atom stereocenters. The van der Waals surface area contributed by atoms with Crippen molar-refractivity contribution in [2.75, 3.05) is 0 Å². The molecule has 0 aliphatic rings. The van der Waals surface area contributed by atoms with Crippen molar-refractivity contribution in [2.24, 2.45) is 5.73 Å². The third-order valence-corrected chi connectivity index (χ3v) is 1.93. The van der Waals surface area contributed by atoms with Crippen molar-refractivity contribution >= 4 is 10.9 Å². The second kappa shape index (κ2) is 2.81. The van der Waals surface area contributed by atoms with E-state index in [1.165, 1.54) is 6.07 Å². The molecular formula is C9H8F2N2. The summed E-state index contributed by atoms with van der Waals surface area (Å²) in [6.07, 6.45) is 0. The minimum atomic E-state index is -0.588.